The van der Waals surface area contributed by atoms with Crippen LogP contribution in [0.2, 0.25) is 0 Å². The standard InChI is InChI=1S/C19H28N2O8/c20-7-1-2-8-21-15(24)6-4-11-3-5-12(23)13(9-11)28-19-18(27)17(26)16(25)14(10-22)29-19/h3-6,9,14,16-19,22-23,25-27H,1-2,7-8,10,20H2,(H,21,24)/b6-4+. The summed E-state index contributed by atoms with van der Waals surface area (Å²) in [6, 6.07) is 4.29. The van der Waals surface area contributed by atoms with Crippen LogP contribution in [-0.2, 0) is 9.53 Å². The molecule has 5 unspecified atom stereocenters. The fourth-order valence-electron chi connectivity index (χ4n) is 2.73. The number of ether oxygens (including phenoxy) is 2. The van der Waals surface area contributed by atoms with Crippen molar-refractivity contribution < 1.29 is 39.8 Å². The van der Waals surface area contributed by atoms with Gasteiger partial charge in [-0.2, -0.15) is 0 Å². The highest BCUT2D eigenvalue weighted by molar-refractivity contribution is 5.91. The van der Waals surface area contributed by atoms with Crippen LogP contribution in [0, 0.1) is 0 Å². The summed E-state index contributed by atoms with van der Waals surface area (Å²) < 4.78 is 10.7. The third kappa shape index (κ3) is 6.39. The predicted octanol–water partition coefficient (Wildman–Crippen LogP) is -1.56. The molecule has 1 fully saturated rings. The molecule has 1 aromatic rings. The van der Waals surface area contributed by atoms with Crippen molar-refractivity contribution in [2.75, 3.05) is 19.7 Å². The Kier molecular flexibility index (Phi) is 8.83. The van der Waals surface area contributed by atoms with Crippen LogP contribution < -0.4 is 15.8 Å². The van der Waals surface area contributed by atoms with Crippen LogP contribution in [0.3, 0.4) is 0 Å². The highest BCUT2D eigenvalue weighted by atomic mass is 16.7. The van der Waals surface area contributed by atoms with Gasteiger partial charge < -0.3 is 46.1 Å². The van der Waals surface area contributed by atoms with E-state index in [-0.39, 0.29) is 17.4 Å². The van der Waals surface area contributed by atoms with Crippen LogP contribution in [-0.4, -0.2) is 81.8 Å². The number of amides is 1. The first-order valence-corrected chi connectivity index (χ1v) is 9.33. The maximum Gasteiger partial charge on any atom is 0.243 e. The number of aliphatic hydroxyl groups is 4. The number of hydrogen-bond donors (Lipinski definition) is 7. The molecule has 1 heterocycles. The maximum atomic E-state index is 11.8. The molecule has 0 bridgehead atoms. The molecule has 2 rings (SSSR count). The van der Waals surface area contributed by atoms with Crippen LogP contribution in [0.5, 0.6) is 11.5 Å². The Morgan fingerprint density at radius 2 is 1.97 bits per heavy atom. The fourth-order valence-corrected chi connectivity index (χ4v) is 2.73. The molecule has 5 atom stereocenters. The summed E-state index contributed by atoms with van der Waals surface area (Å²) in [7, 11) is 0. The summed E-state index contributed by atoms with van der Waals surface area (Å²) in [4.78, 5) is 11.8. The molecule has 1 amide bonds. The minimum atomic E-state index is -1.61. The quantitative estimate of drug-likeness (QED) is 0.187. The third-order valence-corrected chi connectivity index (χ3v) is 4.43. The highest BCUT2D eigenvalue weighted by Gasteiger charge is 2.44. The van der Waals surface area contributed by atoms with Crippen LogP contribution in [0.15, 0.2) is 24.3 Å². The highest BCUT2D eigenvalue weighted by Crippen LogP contribution is 2.31. The molecule has 0 radical (unpaired) electrons. The van der Waals surface area contributed by atoms with E-state index in [2.05, 4.69) is 5.32 Å². The van der Waals surface area contributed by atoms with E-state index >= 15 is 0 Å². The second-order valence-corrected chi connectivity index (χ2v) is 6.66. The van der Waals surface area contributed by atoms with Crippen molar-refractivity contribution in [1.82, 2.24) is 5.32 Å². The monoisotopic (exact) mass is 412 g/mol. The van der Waals surface area contributed by atoms with Crippen molar-refractivity contribution in [3.8, 4) is 11.5 Å². The lowest BCUT2D eigenvalue weighted by atomic mass is 9.99. The molecular formula is C19H28N2O8. The number of carbonyl (C=O) groups is 1. The van der Waals surface area contributed by atoms with Gasteiger partial charge in [0.1, 0.15) is 24.4 Å². The van der Waals surface area contributed by atoms with Gasteiger partial charge in [0.2, 0.25) is 12.2 Å². The Morgan fingerprint density at radius 1 is 1.21 bits per heavy atom. The van der Waals surface area contributed by atoms with Crippen molar-refractivity contribution in [2.45, 2.75) is 43.5 Å². The van der Waals surface area contributed by atoms with Crippen molar-refractivity contribution in [3.63, 3.8) is 0 Å². The van der Waals surface area contributed by atoms with Gasteiger partial charge >= 0.3 is 0 Å². The average molecular weight is 412 g/mol. The van der Waals surface area contributed by atoms with Gasteiger partial charge in [0.15, 0.2) is 11.5 Å². The number of benzene rings is 1. The number of aliphatic hydroxyl groups excluding tert-OH is 4. The Morgan fingerprint density at radius 3 is 2.66 bits per heavy atom. The molecule has 1 saturated heterocycles. The van der Waals surface area contributed by atoms with Gasteiger partial charge in [-0.3, -0.25) is 4.79 Å². The number of nitrogens with one attached hydrogen (secondary N) is 1. The van der Waals surface area contributed by atoms with Crippen LogP contribution >= 0.6 is 0 Å². The topological polar surface area (TPSA) is 175 Å². The number of phenolic OH excluding ortho intramolecular Hbond substituents is 1. The van der Waals surface area contributed by atoms with Crippen molar-refractivity contribution in [1.29, 1.82) is 0 Å². The van der Waals surface area contributed by atoms with Gasteiger partial charge in [0, 0.05) is 12.6 Å². The summed E-state index contributed by atoms with van der Waals surface area (Å²) in [5.74, 6) is -0.614. The zero-order valence-corrected chi connectivity index (χ0v) is 15.8. The van der Waals surface area contributed by atoms with Crippen LogP contribution in [0.25, 0.3) is 6.08 Å². The van der Waals surface area contributed by atoms with E-state index in [0.29, 0.717) is 18.7 Å². The fraction of sp³-hybridized carbons (Fsp3) is 0.526. The molecule has 10 heteroatoms. The first-order chi connectivity index (χ1) is 13.9. The Hall–Kier alpha value is -2.21. The largest absolute Gasteiger partial charge is 0.504 e. The van der Waals surface area contributed by atoms with Gasteiger partial charge in [0.05, 0.1) is 6.61 Å². The molecule has 0 aliphatic carbocycles. The van der Waals surface area contributed by atoms with Gasteiger partial charge in [-0.05, 0) is 43.2 Å². The summed E-state index contributed by atoms with van der Waals surface area (Å²) in [5.41, 5.74) is 5.92. The van der Waals surface area contributed by atoms with E-state index in [0.717, 1.165) is 12.8 Å². The van der Waals surface area contributed by atoms with Crippen LogP contribution in [0.1, 0.15) is 18.4 Å². The molecule has 1 aliphatic heterocycles. The molecule has 162 valence electrons. The summed E-state index contributed by atoms with van der Waals surface area (Å²) in [6.45, 7) is 0.484. The minimum absolute atomic E-state index is 0.0696. The Balaban J connectivity index is 2.03. The second kappa shape index (κ2) is 11.1. The van der Waals surface area contributed by atoms with Gasteiger partial charge in [-0.15, -0.1) is 0 Å². The maximum absolute atomic E-state index is 11.8. The van der Waals surface area contributed by atoms with E-state index in [1.807, 2.05) is 0 Å². The summed E-state index contributed by atoms with van der Waals surface area (Å²) in [5, 5.41) is 51.6. The number of nitrogens with two attached hydrogens (primary N) is 1. The average Bonchev–Trinajstić information content (AvgIpc) is 2.72. The van der Waals surface area contributed by atoms with Crippen LogP contribution in [0.4, 0.5) is 0 Å². The predicted molar refractivity (Wildman–Crippen MR) is 103 cm³/mol. The molecule has 0 spiro atoms. The first-order valence-electron chi connectivity index (χ1n) is 9.33. The number of unbranched alkanes of at least 4 members (excludes halogenated alkanes) is 1. The van der Waals surface area contributed by atoms with Gasteiger partial charge in [0.25, 0.3) is 0 Å². The van der Waals surface area contributed by atoms with E-state index in [4.69, 9.17) is 15.2 Å². The molecule has 1 aliphatic rings. The molecule has 0 aromatic heterocycles. The number of hydrogen-bond acceptors (Lipinski definition) is 9. The number of rotatable bonds is 9. The normalized spacial score (nSPS) is 27.1. The third-order valence-electron chi connectivity index (χ3n) is 4.43. The van der Waals surface area contributed by atoms with Gasteiger partial charge in [-0.25, -0.2) is 0 Å². The molecule has 0 saturated carbocycles. The number of carbonyl (C=O) groups excluding carboxylic acids is 1. The van der Waals surface area contributed by atoms with E-state index in [1.54, 1.807) is 6.07 Å². The second-order valence-electron chi connectivity index (χ2n) is 6.66. The zero-order chi connectivity index (χ0) is 21.4. The molecule has 1 aromatic carbocycles. The lowest BCUT2D eigenvalue weighted by molar-refractivity contribution is -0.277. The molecule has 8 N–H and O–H groups in total. The number of aromatic hydroxyl groups is 1. The lowest BCUT2D eigenvalue weighted by Gasteiger charge is -2.39. The minimum Gasteiger partial charge on any atom is -0.504 e. The Labute approximate surface area is 168 Å². The molecule has 29 heavy (non-hydrogen) atoms. The van der Waals surface area contributed by atoms with Crippen molar-refractivity contribution >= 4 is 12.0 Å². The zero-order valence-electron chi connectivity index (χ0n) is 15.8. The van der Waals surface area contributed by atoms with E-state index < -0.39 is 37.3 Å². The Bertz CT molecular complexity index is 697. The van der Waals surface area contributed by atoms with Crippen molar-refractivity contribution in [2.24, 2.45) is 5.73 Å². The molecular weight excluding hydrogens is 384 g/mol. The van der Waals surface area contributed by atoms with E-state index in [1.165, 1.54) is 24.3 Å². The van der Waals surface area contributed by atoms with Gasteiger partial charge in [-0.1, -0.05) is 6.07 Å². The summed E-state index contributed by atoms with van der Waals surface area (Å²) >= 11 is 0. The summed E-state index contributed by atoms with van der Waals surface area (Å²) in [6.07, 6.45) is -2.84. The van der Waals surface area contributed by atoms with Crippen molar-refractivity contribution in [3.05, 3.63) is 29.8 Å². The SMILES string of the molecule is NCCCCNC(=O)/C=C/c1ccc(O)c(OC2OC(CO)C(O)C(O)C2O)c1. The smallest absolute Gasteiger partial charge is 0.243 e. The lowest BCUT2D eigenvalue weighted by Crippen LogP contribution is -2.60. The first kappa shape index (κ1) is 23.1. The van der Waals surface area contributed by atoms with E-state index in [9.17, 15) is 30.3 Å². The molecule has 10 nitrogen and oxygen atoms in total. The number of phenols is 1.